The molecule has 0 bridgehead atoms. The Balaban J connectivity index is 1.33. The number of rotatable bonds is 21. The monoisotopic (exact) mass is 1510 g/mol. The number of aliphatic hydroxyl groups excluding tert-OH is 3. The topological polar surface area (TPSA) is 444 Å². The molecule has 18 N–H and O–H groups in total. The number of nitrogens with zero attached hydrogens (tertiary/aromatic N) is 1. The molecule has 6 aromatic carbocycles. The molecule has 107 heavy (non-hydrogen) atoms. The maximum Gasteiger partial charge on any atom is 0.327 e. The van der Waals surface area contributed by atoms with Crippen molar-refractivity contribution in [2.75, 3.05) is 31.7 Å². The maximum atomic E-state index is 15.7. The summed E-state index contributed by atoms with van der Waals surface area (Å²) in [7, 11) is 3.24. The van der Waals surface area contributed by atoms with E-state index in [0.717, 1.165) is 44.8 Å². The number of nitrogens with one attached hydrogen (secondary N) is 10. The first-order chi connectivity index (χ1) is 51.2. The molecule has 0 saturated carbocycles. The van der Waals surface area contributed by atoms with Gasteiger partial charge in [0.25, 0.3) is 0 Å². The van der Waals surface area contributed by atoms with Crippen LogP contribution in [0.1, 0.15) is 80.3 Å². The Morgan fingerprint density at radius 3 is 1.40 bits per heavy atom. The second-order valence-electron chi connectivity index (χ2n) is 26.8. The summed E-state index contributed by atoms with van der Waals surface area (Å²) in [5.74, 6) is -11.8. The molecule has 0 spiro atoms. The molecule has 0 aromatic heterocycles. The van der Waals surface area contributed by atoms with E-state index in [1.807, 2.05) is 62.4 Å². The molecule has 13 atom stereocenters. The summed E-state index contributed by atoms with van der Waals surface area (Å²) in [5.41, 5.74) is 15.9. The van der Waals surface area contributed by atoms with Gasteiger partial charge in [0.2, 0.25) is 59.1 Å². The number of benzene rings is 6. The third kappa shape index (κ3) is 26.6. The summed E-state index contributed by atoms with van der Waals surface area (Å²) in [6, 6.07) is 28.4. The normalized spacial score (nSPS) is 23.6. The van der Waals surface area contributed by atoms with Gasteiger partial charge in [0, 0.05) is 63.2 Å². The first-order valence-corrected chi connectivity index (χ1v) is 38.0. The molecular weight excluding hydrogens is 1410 g/mol. The van der Waals surface area contributed by atoms with Crippen LogP contribution in [0.15, 0.2) is 158 Å². The van der Waals surface area contributed by atoms with Crippen molar-refractivity contribution in [1.82, 2.24) is 58.1 Å². The molecule has 1 aliphatic heterocycles. The molecule has 30 heteroatoms. The van der Waals surface area contributed by atoms with E-state index in [-0.39, 0.29) is 62.6 Å². The zero-order chi connectivity index (χ0) is 77.7. The van der Waals surface area contributed by atoms with Crippen molar-refractivity contribution in [2.24, 2.45) is 11.5 Å². The number of unbranched alkanes of at least 4 members (excludes halogenated alkanes) is 1. The molecule has 28 nitrogen and oxygen atoms in total. The van der Waals surface area contributed by atoms with Gasteiger partial charge in [0.1, 0.15) is 60.4 Å². The van der Waals surface area contributed by atoms with E-state index in [4.69, 9.17) is 11.5 Å². The number of hydrogen-bond donors (Lipinski definition) is 16. The predicted octanol–water partition coefficient (Wildman–Crippen LogP) is 0.731. The lowest BCUT2D eigenvalue weighted by atomic mass is 9.98. The van der Waals surface area contributed by atoms with Gasteiger partial charge < -0.3 is 90.0 Å². The van der Waals surface area contributed by atoms with Gasteiger partial charge in [-0.3, -0.25) is 47.9 Å². The quantitative estimate of drug-likeness (QED) is 0.0349. The number of carbonyl (C=O) groups excluding carboxylic acids is 10. The number of aliphatic carboxylic acids is 1. The van der Waals surface area contributed by atoms with E-state index >= 15 is 19.2 Å². The maximum absolute atomic E-state index is 15.7. The Bertz CT molecular complexity index is 3960. The summed E-state index contributed by atoms with van der Waals surface area (Å²) < 4.78 is 0. The van der Waals surface area contributed by atoms with Crippen LogP contribution in [0, 0.1) is 0 Å². The van der Waals surface area contributed by atoms with Crippen LogP contribution >= 0.6 is 21.6 Å². The number of fused-ring (bicyclic) bond motifs is 1. The van der Waals surface area contributed by atoms with E-state index in [9.17, 15) is 54.0 Å². The fraction of sp³-hybridized carbons (Fsp3) is 0.416. The highest BCUT2D eigenvalue weighted by Gasteiger charge is 2.40. The van der Waals surface area contributed by atoms with Gasteiger partial charge in [-0.05, 0) is 83.8 Å². The van der Waals surface area contributed by atoms with Gasteiger partial charge in [0.05, 0.1) is 24.9 Å². The van der Waals surface area contributed by atoms with Crippen LogP contribution in [-0.4, -0.2) is 207 Å². The largest absolute Gasteiger partial charge is 0.480 e. The first-order valence-electron chi connectivity index (χ1n) is 35.5. The number of carboxylic acids is 1. The minimum Gasteiger partial charge on any atom is -0.480 e. The minimum atomic E-state index is -1.91. The van der Waals surface area contributed by atoms with Gasteiger partial charge >= 0.3 is 5.97 Å². The van der Waals surface area contributed by atoms with Gasteiger partial charge in [-0.1, -0.05) is 193 Å². The average molecular weight is 1510 g/mol. The Morgan fingerprint density at radius 1 is 0.467 bits per heavy atom. The van der Waals surface area contributed by atoms with E-state index < -0.39 is 150 Å². The zero-order valence-corrected chi connectivity index (χ0v) is 62.1. The number of aliphatic hydroxyl groups is 3. The van der Waals surface area contributed by atoms with E-state index in [1.165, 1.54) is 18.9 Å². The van der Waals surface area contributed by atoms with Crippen LogP contribution in [0.5, 0.6) is 0 Å². The van der Waals surface area contributed by atoms with E-state index in [1.54, 1.807) is 109 Å². The van der Waals surface area contributed by atoms with Gasteiger partial charge in [-0.15, -0.1) is 0 Å². The SMILES string of the molecule is CC(C)NCc1ccc(C[C@@H]2NC(=O)[C@@H](Cc3ccc4ccccc4c3)NC(=O)[C@H](Cc3ccccc3)N(C)C(=O)[C@H](Cc3ccccc3)NC(=O)[C@H](CCCCN)NC(=O)[C@@H](N)CSSC[C@@H](C(=O)O)NC(=O)[C@H](CO)NC(=O)[C@H]([C@@H](C)O)NC(=O)[C@H](Cc3ccccc3)NC(=O)[C@@H]([C@@H](C)O)NC2=O)cc1. The second kappa shape index (κ2) is 42.5. The Morgan fingerprint density at radius 2 is 0.879 bits per heavy atom. The van der Waals surface area contributed by atoms with Crippen molar-refractivity contribution in [3.63, 3.8) is 0 Å². The smallest absolute Gasteiger partial charge is 0.327 e. The van der Waals surface area contributed by atoms with Crippen LogP contribution in [0.4, 0.5) is 0 Å². The van der Waals surface area contributed by atoms with Crippen molar-refractivity contribution < 1.29 is 73.2 Å². The second-order valence-corrected chi connectivity index (χ2v) is 29.4. The van der Waals surface area contributed by atoms with Crippen molar-refractivity contribution >= 4 is 97.4 Å². The summed E-state index contributed by atoms with van der Waals surface area (Å²) in [4.78, 5) is 162. The first kappa shape index (κ1) is 84.5. The number of likely N-dealkylation sites (N-methyl/N-ethyl adjacent to an activating group) is 1. The summed E-state index contributed by atoms with van der Waals surface area (Å²) in [5, 5.41) is 71.5. The third-order valence-electron chi connectivity index (χ3n) is 17.9. The molecule has 0 unspecified atom stereocenters. The Kier molecular flexibility index (Phi) is 33.6. The minimum absolute atomic E-state index is 0.0331. The molecule has 1 fully saturated rings. The molecule has 10 amide bonds. The lowest BCUT2D eigenvalue weighted by molar-refractivity contribution is -0.143. The molecule has 1 saturated heterocycles. The predicted molar refractivity (Wildman–Crippen MR) is 408 cm³/mol. The zero-order valence-electron chi connectivity index (χ0n) is 60.5. The highest BCUT2D eigenvalue weighted by Crippen LogP contribution is 2.24. The van der Waals surface area contributed by atoms with Crippen molar-refractivity contribution in [1.29, 1.82) is 0 Å². The van der Waals surface area contributed by atoms with Crippen molar-refractivity contribution in [2.45, 2.75) is 170 Å². The lowest BCUT2D eigenvalue weighted by Gasteiger charge is -2.33. The van der Waals surface area contributed by atoms with Crippen molar-refractivity contribution in [3.05, 3.63) is 191 Å². The van der Waals surface area contributed by atoms with Crippen LogP contribution < -0.4 is 64.6 Å². The standard InChI is InChI=1S/C77H99N13O15S2/c1-45(2)80-41-52-30-28-51(29-31-52)37-58-70(97)88-65(46(3)92)74(101)84-59(36-48-19-9-6-10-20-48)71(98)89-66(47(4)93)75(102)86-62(42-91)72(99)87-63(77(104)105)44-107-106-43-56(79)67(94)81-57(27-17-18-34-78)68(95)85-61(38-49-21-11-7-12-22-49)76(103)90(5)64(40-50-23-13-8-14-24-50)73(100)83-60(69(96)82-58)39-53-32-33-54-25-15-16-26-55(54)35-53/h6-16,19-26,28-33,35,45-47,56-66,80,91-93H,17-18,27,34,36-44,78-79H2,1-5H3,(H,81,94)(H,82,96)(H,83,100)(H,84,101)(H,85,95)(H,86,102)(H,87,99)(H,88,97)(H,89,98)(H,104,105)/t46-,47-,56+,57+,58+,59+,60-,61+,62+,63+,64+,65-,66+/m1/s1. The van der Waals surface area contributed by atoms with Crippen LogP contribution in [0.3, 0.4) is 0 Å². The molecule has 7 rings (SSSR count). The van der Waals surface area contributed by atoms with Crippen LogP contribution in [0.25, 0.3) is 10.8 Å². The summed E-state index contributed by atoms with van der Waals surface area (Å²) >= 11 is 0. The number of hydrogen-bond acceptors (Lipinski definition) is 19. The molecule has 1 aliphatic rings. The van der Waals surface area contributed by atoms with E-state index in [2.05, 4.69) is 53.2 Å². The molecular formula is C77H99N13O15S2. The Labute approximate surface area is 630 Å². The summed E-state index contributed by atoms with van der Waals surface area (Å²) in [6.07, 6.45) is -3.61. The molecule has 0 aliphatic carbocycles. The van der Waals surface area contributed by atoms with Gasteiger partial charge in [-0.25, -0.2) is 4.79 Å². The fourth-order valence-electron chi connectivity index (χ4n) is 11.8. The molecule has 1 heterocycles. The Hall–Kier alpha value is -9.79. The fourth-order valence-corrected chi connectivity index (χ4v) is 14.0. The van der Waals surface area contributed by atoms with Gasteiger partial charge in [-0.2, -0.15) is 0 Å². The van der Waals surface area contributed by atoms with Crippen LogP contribution in [-0.2, 0) is 91.4 Å². The third-order valence-corrected chi connectivity index (χ3v) is 20.4. The number of amides is 10. The van der Waals surface area contributed by atoms with Gasteiger partial charge in [0.15, 0.2) is 0 Å². The number of carboxylic acid groups (broad SMARTS) is 1. The lowest BCUT2D eigenvalue weighted by Crippen LogP contribution is -2.63. The highest BCUT2D eigenvalue weighted by molar-refractivity contribution is 8.76. The van der Waals surface area contributed by atoms with Crippen molar-refractivity contribution in [3.8, 4) is 0 Å². The molecule has 574 valence electrons. The van der Waals surface area contributed by atoms with Crippen LogP contribution in [0.2, 0.25) is 0 Å². The number of nitrogens with two attached hydrogens (primary N) is 2. The number of carbonyl (C=O) groups is 11. The summed E-state index contributed by atoms with van der Waals surface area (Å²) in [6.45, 7) is 5.94. The highest BCUT2D eigenvalue weighted by atomic mass is 33.1. The molecule has 0 radical (unpaired) electrons. The average Bonchev–Trinajstić information content (AvgIpc) is 0.823. The molecule has 6 aromatic rings. The van der Waals surface area contributed by atoms with E-state index in [0.29, 0.717) is 47.2 Å².